The van der Waals surface area contributed by atoms with E-state index in [1.807, 2.05) is 42.5 Å². The molecule has 1 saturated heterocycles. The maximum absolute atomic E-state index is 15.4. The largest absolute Gasteiger partial charge is 0.369 e. The molecule has 3 aromatic carbocycles. The number of nitrogens with zero attached hydrogens (tertiary/aromatic N) is 2. The Kier molecular flexibility index (Phi) is 6.11. The van der Waals surface area contributed by atoms with Gasteiger partial charge in [-0.25, -0.2) is 4.39 Å². The molecule has 1 heterocycles. The van der Waals surface area contributed by atoms with Crippen molar-refractivity contribution in [2.45, 2.75) is 20.0 Å². The summed E-state index contributed by atoms with van der Waals surface area (Å²) in [5.74, 6) is -0.156. The molecule has 0 bridgehead atoms. The maximum Gasteiger partial charge on any atom is 0.148 e. The minimum Gasteiger partial charge on any atom is -0.369 e. The summed E-state index contributed by atoms with van der Waals surface area (Å²) in [6.45, 7) is 7.13. The third-order valence-corrected chi connectivity index (χ3v) is 5.50. The Morgan fingerprint density at radius 2 is 1.41 bits per heavy atom. The molecule has 0 unspecified atom stereocenters. The predicted molar refractivity (Wildman–Crippen MR) is 119 cm³/mol. The number of hydrogen-bond acceptors (Lipinski definition) is 3. The first-order valence-corrected chi connectivity index (χ1v) is 10.3. The van der Waals surface area contributed by atoms with Gasteiger partial charge in [0.05, 0.1) is 5.69 Å². The van der Waals surface area contributed by atoms with Crippen LogP contribution in [-0.4, -0.2) is 26.2 Å². The van der Waals surface area contributed by atoms with Crippen molar-refractivity contribution < 1.29 is 4.39 Å². The molecule has 0 aliphatic carbocycles. The van der Waals surface area contributed by atoms with Crippen molar-refractivity contribution in [1.82, 2.24) is 5.32 Å². The van der Waals surface area contributed by atoms with Crippen LogP contribution < -0.4 is 15.1 Å². The van der Waals surface area contributed by atoms with E-state index in [2.05, 4.69) is 46.3 Å². The fourth-order valence-electron chi connectivity index (χ4n) is 3.98. The molecular weight excluding hydrogens is 361 g/mol. The molecule has 0 atom stereocenters. The van der Waals surface area contributed by atoms with Crippen LogP contribution >= 0.6 is 0 Å². The Labute approximate surface area is 172 Å². The molecule has 4 heteroatoms. The Morgan fingerprint density at radius 3 is 1.97 bits per heavy atom. The van der Waals surface area contributed by atoms with Gasteiger partial charge in [0.1, 0.15) is 5.82 Å². The summed E-state index contributed by atoms with van der Waals surface area (Å²) in [6, 6.07) is 24.3. The van der Waals surface area contributed by atoms with Gasteiger partial charge >= 0.3 is 0 Å². The Balaban J connectivity index is 1.66. The number of halogens is 1. The van der Waals surface area contributed by atoms with Gasteiger partial charge in [-0.15, -0.1) is 0 Å². The normalized spacial score (nSPS) is 14.1. The van der Waals surface area contributed by atoms with Crippen LogP contribution in [0.2, 0.25) is 0 Å². The fourth-order valence-corrected chi connectivity index (χ4v) is 3.98. The second-order valence-electron chi connectivity index (χ2n) is 7.65. The smallest absolute Gasteiger partial charge is 0.148 e. The highest BCUT2D eigenvalue weighted by molar-refractivity contribution is 5.63. The zero-order valence-corrected chi connectivity index (χ0v) is 16.9. The van der Waals surface area contributed by atoms with Crippen LogP contribution in [0.1, 0.15) is 16.7 Å². The van der Waals surface area contributed by atoms with Crippen molar-refractivity contribution >= 4 is 11.4 Å². The first-order chi connectivity index (χ1) is 14.2. The molecule has 0 saturated carbocycles. The summed E-state index contributed by atoms with van der Waals surface area (Å²) in [7, 11) is 0. The highest BCUT2D eigenvalue weighted by Gasteiger charge is 2.19. The highest BCUT2D eigenvalue weighted by Crippen LogP contribution is 2.31. The van der Waals surface area contributed by atoms with Crippen LogP contribution in [-0.2, 0) is 13.1 Å². The average molecular weight is 390 g/mol. The zero-order chi connectivity index (χ0) is 20.1. The van der Waals surface area contributed by atoms with Crippen molar-refractivity contribution in [1.29, 1.82) is 0 Å². The molecule has 4 rings (SSSR count). The van der Waals surface area contributed by atoms with Crippen LogP contribution in [0.5, 0.6) is 0 Å². The number of aryl methyl sites for hydroxylation is 1. The van der Waals surface area contributed by atoms with Gasteiger partial charge < -0.3 is 15.1 Å². The molecule has 1 fully saturated rings. The quantitative estimate of drug-likeness (QED) is 0.656. The summed E-state index contributed by atoms with van der Waals surface area (Å²) < 4.78 is 15.4. The van der Waals surface area contributed by atoms with Crippen molar-refractivity contribution in [2.24, 2.45) is 0 Å². The summed E-state index contributed by atoms with van der Waals surface area (Å²) in [6.07, 6.45) is 0. The van der Waals surface area contributed by atoms with E-state index in [4.69, 9.17) is 0 Å². The molecule has 0 aromatic heterocycles. The van der Waals surface area contributed by atoms with E-state index in [1.54, 1.807) is 6.07 Å². The molecule has 150 valence electrons. The number of piperazine rings is 1. The van der Waals surface area contributed by atoms with Crippen molar-refractivity contribution in [3.63, 3.8) is 0 Å². The van der Waals surface area contributed by atoms with E-state index in [1.165, 1.54) is 11.1 Å². The van der Waals surface area contributed by atoms with Gasteiger partial charge in [0, 0.05) is 45.0 Å². The van der Waals surface area contributed by atoms with Crippen molar-refractivity contribution in [2.75, 3.05) is 36.0 Å². The zero-order valence-electron chi connectivity index (χ0n) is 16.9. The molecule has 1 aliphatic heterocycles. The van der Waals surface area contributed by atoms with Crippen molar-refractivity contribution in [3.8, 4) is 0 Å². The number of rotatable bonds is 6. The lowest BCUT2D eigenvalue weighted by molar-refractivity contribution is 0.582. The lowest BCUT2D eigenvalue weighted by Gasteiger charge is -2.32. The van der Waals surface area contributed by atoms with Gasteiger partial charge in [0.25, 0.3) is 0 Å². The van der Waals surface area contributed by atoms with Gasteiger partial charge in [0.2, 0.25) is 0 Å². The first kappa shape index (κ1) is 19.5. The molecule has 29 heavy (non-hydrogen) atoms. The lowest BCUT2D eigenvalue weighted by atomic mass is 10.1. The third-order valence-electron chi connectivity index (χ3n) is 5.50. The fraction of sp³-hybridized carbons (Fsp3) is 0.280. The number of anilines is 2. The van der Waals surface area contributed by atoms with Crippen LogP contribution in [0.15, 0.2) is 72.8 Å². The van der Waals surface area contributed by atoms with Gasteiger partial charge in [-0.05, 0) is 35.7 Å². The minimum atomic E-state index is -0.156. The molecule has 0 amide bonds. The molecule has 3 aromatic rings. The first-order valence-electron chi connectivity index (χ1n) is 10.3. The van der Waals surface area contributed by atoms with Gasteiger partial charge in [-0.2, -0.15) is 0 Å². The van der Waals surface area contributed by atoms with E-state index >= 15 is 4.39 Å². The summed E-state index contributed by atoms with van der Waals surface area (Å²) in [4.78, 5) is 4.41. The Morgan fingerprint density at radius 1 is 0.862 bits per heavy atom. The van der Waals surface area contributed by atoms with E-state index in [0.29, 0.717) is 18.8 Å². The van der Waals surface area contributed by atoms with Crippen LogP contribution in [0, 0.1) is 12.7 Å². The number of nitrogens with one attached hydrogen (secondary N) is 1. The Hall–Kier alpha value is -2.85. The van der Waals surface area contributed by atoms with Gasteiger partial charge in [0.15, 0.2) is 0 Å². The summed E-state index contributed by atoms with van der Waals surface area (Å²) in [5.41, 5.74) is 5.13. The highest BCUT2D eigenvalue weighted by atomic mass is 19.1. The predicted octanol–water partition coefficient (Wildman–Crippen LogP) is 4.75. The molecular formula is C25H28FN3. The van der Waals surface area contributed by atoms with E-state index in [9.17, 15) is 0 Å². The van der Waals surface area contributed by atoms with Crippen LogP contribution in [0.3, 0.4) is 0 Å². The van der Waals surface area contributed by atoms with E-state index < -0.39 is 0 Å². The summed E-state index contributed by atoms with van der Waals surface area (Å²) in [5, 5.41) is 3.36. The Bertz CT molecular complexity index is 880. The maximum atomic E-state index is 15.4. The second-order valence-corrected chi connectivity index (χ2v) is 7.65. The minimum absolute atomic E-state index is 0.156. The van der Waals surface area contributed by atoms with Crippen LogP contribution in [0.25, 0.3) is 0 Å². The lowest BCUT2D eigenvalue weighted by Crippen LogP contribution is -2.43. The molecule has 0 spiro atoms. The SMILES string of the molecule is Cc1cc(N(Cc2ccccc2)Cc2ccccc2)c(F)cc1N1CCNCC1. The molecule has 0 radical (unpaired) electrons. The van der Waals surface area contributed by atoms with Crippen molar-refractivity contribution in [3.05, 3.63) is 95.3 Å². The van der Waals surface area contributed by atoms with E-state index in [0.717, 1.165) is 37.4 Å². The monoisotopic (exact) mass is 389 g/mol. The standard InChI is InChI=1S/C25H28FN3/c1-20-16-25(23(26)17-24(20)28-14-12-27-13-15-28)29(18-21-8-4-2-5-9-21)19-22-10-6-3-7-11-22/h2-11,16-17,27H,12-15,18-19H2,1H3. The van der Waals surface area contributed by atoms with Gasteiger partial charge in [-0.1, -0.05) is 60.7 Å². The van der Waals surface area contributed by atoms with E-state index in [-0.39, 0.29) is 5.82 Å². The van der Waals surface area contributed by atoms with Crippen LogP contribution in [0.4, 0.5) is 15.8 Å². The second kappa shape index (κ2) is 9.10. The number of hydrogen-bond donors (Lipinski definition) is 1. The topological polar surface area (TPSA) is 18.5 Å². The third kappa shape index (κ3) is 4.77. The molecule has 3 nitrogen and oxygen atoms in total. The van der Waals surface area contributed by atoms with Gasteiger partial charge in [-0.3, -0.25) is 0 Å². The number of benzene rings is 3. The molecule has 1 N–H and O–H groups in total. The molecule has 1 aliphatic rings. The average Bonchev–Trinajstić information content (AvgIpc) is 2.77. The summed E-state index contributed by atoms with van der Waals surface area (Å²) >= 11 is 0.